The second-order valence-corrected chi connectivity index (χ2v) is 4.12. The van der Waals surface area contributed by atoms with Crippen LogP contribution in [0.15, 0.2) is 48.5 Å². The fourth-order valence-electron chi connectivity index (χ4n) is 1.79. The van der Waals surface area contributed by atoms with Crippen LogP contribution in [0.1, 0.15) is 17.2 Å². The summed E-state index contributed by atoms with van der Waals surface area (Å²) in [6, 6.07) is 13.4. The molecule has 18 heavy (non-hydrogen) atoms. The molecule has 0 aliphatic heterocycles. The van der Waals surface area contributed by atoms with Crippen LogP contribution in [0.4, 0.5) is 4.39 Å². The minimum Gasteiger partial charge on any atom is -0.497 e. The van der Waals surface area contributed by atoms with Crippen LogP contribution in [-0.4, -0.2) is 12.2 Å². The lowest BCUT2D eigenvalue weighted by Gasteiger charge is -2.11. The van der Waals surface area contributed by atoms with Crippen molar-refractivity contribution in [2.45, 2.75) is 12.5 Å². The molecule has 0 fully saturated rings. The first kappa shape index (κ1) is 12.6. The molecule has 0 aromatic heterocycles. The number of aliphatic hydroxyl groups excluding tert-OH is 1. The second kappa shape index (κ2) is 5.65. The first-order valence-corrected chi connectivity index (χ1v) is 5.75. The second-order valence-electron chi connectivity index (χ2n) is 4.12. The molecule has 0 saturated carbocycles. The van der Waals surface area contributed by atoms with Crippen molar-refractivity contribution in [3.05, 3.63) is 65.5 Å². The predicted octanol–water partition coefficient (Wildman–Crippen LogP) is 3.11. The van der Waals surface area contributed by atoms with Gasteiger partial charge in [-0.3, -0.25) is 0 Å². The van der Waals surface area contributed by atoms with Gasteiger partial charge < -0.3 is 9.84 Å². The number of rotatable bonds is 4. The fraction of sp³-hybridized carbons (Fsp3) is 0.200. The maximum Gasteiger partial charge on any atom is 0.123 e. The van der Waals surface area contributed by atoms with Crippen LogP contribution in [0.3, 0.4) is 0 Å². The summed E-state index contributed by atoms with van der Waals surface area (Å²) >= 11 is 0. The summed E-state index contributed by atoms with van der Waals surface area (Å²) in [7, 11) is 1.61. The van der Waals surface area contributed by atoms with Crippen LogP contribution in [0.25, 0.3) is 0 Å². The zero-order chi connectivity index (χ0) is 13.0. The topological polar surface area (TPSA) is 29.5 Å². The van der Waals surface area contributed by atoms with E-state index in [1.165, 1.54) is 12.1 Å². The van der Waals surface area contributed by atoms with Gasteiger partial charge in [-0.1, -0.05) is 24.3 Å². The molecule has 1 atom stereocenters. The Balaban J connectivity index is 2.05. The number of benzene rings is 2. The van der Waals surface area contributed by atoms with E-state index in [0.29, 0.717) is 12.0 Å². The number of methoxy groups -OCH3 is 1. The van der Waals surface area contributed by atoms with E-state index in [-0.39, 0.29) is 5.82 Å². The number of halogens is 1. The van der Waals surface area contributed by atoms with E-state index in [0.717, 1.165) is 11.3 Å². The first-order valence-electron chi connectivity index (χ1n) is 5.75. The third-order valence-electron chi connectivity index (χ3n) is 2.84. The molecule has 0 aliphatic rings. The molecule has 0 spiro atoms. The van der Waals surface area contributed by atoms with Crippen molar-refractivity contribution in [1.29, 1.82) is 0 Å². The van der Waals surface area contributed by atoms with E-state index in [4.69, 9.17) is 4.74 Å². The van der Waals surface area contributed by atoms with Gasteiger partial charge in [0.25, 0.3) is 0 Å². The van der Waals surface area contributed by atoms with Gasteiger partial charge in [0.15, 0.2) is 0 Å². The maximum absolute atomic E-state index is 12.8. The number of aliphatic hydroxyl groups is 1. The summed E-state index contributed by atoms with van der Waals surface area (Å²) in [6.07, 6.45) is -0.130. The predicted molar refractivity (Wildman–Crippen MR) is 68.1 cm³/mol. The highest BCUT2D eigenvalue weighted by Crippen LogP contribution is 2.20. The Kier molecular flexibility index (Phi) is 3.95. The summed E-state index contributed by atoms with van der Waals surface area (Å²) in [5.41, 5.74) is 1.72. The zero-order valence-electron chi connectivity index (χ0n) is 10.1. The van der Waals surface area contributed by atoms with E-state index < -0.39 is 6.10 Å². The molecule has 0 amide bonds. The lowest BCUT2D eigenvalue weighted by Crippen LogP contribution is -2.01. The van der Waals surface area contributed by atoms with Gasteiger partial charge >= 0.3 is 0 Å². The standard InChI is InChI=1S/C15H15FO2/c1-18-14-8-2-11(3-9-14)10-15(17)12-4-6-13(16)7-5-12/h2-9,15,17H,10H2,1H3. The average Bonchev–Trinajstić information content (AvgIpc) is 2.40. The Labute approximate surface area is 106 Å². The molecule has 0 aliphatic carbocycles. The van der Waals surface area contributed by atoms with Crippen molar-refractivity contribution >= 4 is 0 Å². The molecule has 2 rings (SSSR count). The molecule has 3 heteroatoms. The lowest BCUT2D eigenvalue weighted by molar-refractivity contribution is 0.178. The van der Waals surface area contributed by atoms with Gasteiger partial charge in [-0.25, -0.2) is 4.39 Å². The third-order valence-corrected chi connectivity index (χ3v) is 2.84. The normalized spacial score (nSPS) is 12.2. The van der Waals surface area contributed by atoms with Gasteiger partial charge in [0.1, 0.15) is 11.6 Å². The van der Waals surface area contributed by atoms with Crippen molar-refractivity contribution in [3.63, 3.8) is 0 Å². The highest BCUT2D eigenvalue weighted by Gasteiger charge is 2.08. The molecule has 0 radical (unpaired) electrons. The van der Waals surface area contributed by atoms with Crippen molar-refractivity contribution in [2.75, 3.05) is 7.11 Å². The van der Waals surface area contributed by atoms with Crippen molar-refractivity contribution in [1.82, 2.24) is 0 Å². The number of hydrogen-bond donors (Lipinski definition) is 1. The lowest BCUT2D eigenvalue weighted by atomic mass is 10.0. The van der Waals surface area contributed by atoms with Crippen LogP contribution < -0.4 is 4.74 Å². The van der Waals surface area contributed by atoms with E-state index in [9.17, 15) is 9.50 Å². The van der Waals surface area contributed by atoms with Gasteiger partial charge in [0.05, 0.1) is 13.2 Å². The first-order chi connectivity index (χ1) is 8.69. The molecule has 94 valence electrons. The van der Waals surface area contributed by atoms with Crippen molar-refractivity contribution < 1.29 is 14.2 Å². The van der Waals surface area contributed by atoms with Crippen molar-refractivity contribution in [3.8, 4) is 5.75 Å². The van der Waals surface area contributed by atoms with E-state index in [1.807, 2.05) is 24.3 Å². The van der Waals surface area contributed by atoms with Gasteiger partial charge in [-0.15, -0.1) is 0 Å². The molecule has 1 unspecified atom stereocenters. The van der Waals surface area contributed by atoms with Gasteiger partial charge in [-0.2, -0.15) is 0 Å². The Morgan fingerprint density at radius 3 is 2.22 bits per heavy atom. The highest BCUT2D eigenvalue weighted by atomic mass is 19.1. The summed E-state index contributed by atoms with van der Waals surface area (Å²) in [5.74, 6) is 0.491. The minimum atomic E-state index is -0.626. The molecular formula is C15H15FO2. The summed E-state index contributed by atoms with van der Waals surface area (Å²) in [6.45, 7) is 0. The Morgan fingerprint density at radius 1 is 1.06 bits per heavy atom. The molecule has 1 N–H and O–H groups in total. The Morgan fingerprint density at radius 2 is 1.67 bits per heavy atom. The summed E-state index contributed by atoms with van der Waals surface area (Å²) in [4.78, 5) is 0. The van der Waals surface area contributed by atoms with Crippen LogP contribution in [-0.2, 0) is 6.42 Å². The Hall–Kier alpha value is -1.87. The maximum atomic E-state index is 12.8. The molecular weight excluding hydrogens is 231 g/mol. The van der Waals surface area contributed by atoms with Gasteiger partial charge in [-0.05, 0) is 35.4 Å². The number of hydrogen-bond acceptors (Lipinski definition) is 2. The van der Waals surface area contributed by atoms with Crippen LogP contribution in [0.5, 0.6) is 5.75 Å². The summed E-state index contributed by atoms with van der Waals surface area (Å²) < 4.78 is 17.8. The molecule has 0 heterocycles. The molecule has 0 bridgehead atoms. The van der Waals surface area contributed by atoms with Crippen molar-refractivity contribution in [2.24, 2.45) is 0 Å². The monoisotopic (exact) mass is 246 g/mol. The van der Waals surface area contributed by atoms with Crippen LogP contribution in [0.2, 0.25) is 0 Å². The molecule has 2 aromatic rings. The minimum absolute atomic E-state index is 0.296. The van der Waals surface area contributed by atoms with E-state index in [1.54, 1.807) is 19.2 Å². The summed E-state index contributed by atoms with van der Waals surface area (Å²) in [5, 5.41) is 10.0. The Bertz CT molecular complexity index is 491. The van der Waals surface area contributed by atoms with E-state index >= 15 is 0 Å². The quantitative estimate of drug-likeness (QED) is 0.898. The third kappa shape index (κ3) is 3.08. The van der Waals surface area contributed by atoms with Gasteiger partial charge in [0, 0.05) is 6.42 Å². The largest absolute Gasteiger partial charge is 0.497 e. The van der Waals surface area contributed by atoms with Crippen LogP contribution >= 0.6 is 0 Å². The smallest absolute Gasteiger partial charge is 0.123 e. The van der Waals surface area contributed by atoms with Gasteiger partial charge in [0.2, 0.25) is 0 Å². The SMILES string of the molecule is COc1ccc(CC(O)c2ccc(F)cc2)cc1. The zero-order valence-corrected chi connectivity index (χ0v) is 10.1. The van der Waals surface area contributed by atoms with Crippen LogP contribution in [0, 0.1) is 5.82 Å². The molecule has 2 aromatic carbocycles. The van der Waals surface area contributed by atoms with E-state index in [2.05, 4.69) is 0 Å². The molecule has 2 nitrogen and oxygen atoms in total. The highest BCUT2D eigenvalue weighted by molar-refractivity contribution is 5.29. The fourth-order valence-corrected chi connectivity index (χ4v) is 1.79. The average molecular weight is 246 g/mol. The number of ether oxygens (including phenoxy) is 1. The molecule has 0 saturated heterocycles.